The summed E-state index contributed by atoms with van der Waals surface area (Å²) < 4.78 is 51.8. The van der Waals surface area contributed by atoms with Gasteiger partial charge in [0.15, 0.2) is 4.90 Å². The van der Waals surface area contributed by atoms with Gasteiger partial charge in [0.1, 0.15) is 11.6 Å². The van der Waals surface area contributed by atoms with Gasteiger partial charge in [-0.25, -0.2) is 22.3 Å². The van der Waals surface area contributed by atoms with Gasteiger partial charge in [0.2, 0.25) is 10.0 Å². The molecule has 128 valence electrons. The number of sulfonamides is 1. The van der Waals surface area contributed by atoms with Crippen LogP contribution in [0.15, 0.2) is 64.1 Å². The SMILES string of the molecule is NS(=O)(=O)c1c(F)cc(-c2cccnc2-c2ccc(Br)cc2)cc1F. The van der Waals surface area contributed by atoms with Crippen LogP contribution in [0, 0.1) is 11.6 Å². The molecule has 0 saturated heterocycles. The Hall–Kier alpha value is -2.16. The normalized spacial score (nSPS) is 11.5. The fourth-order valence-corrected chi connectivity index (χ4v) is 3.39. The van der Waals surface area contributed by atoms with E-state index in [1.54, 1.807) is 30.5 Å². The van der Waals surface area contributed by atoms with Crippen LogP contribution in [0.3, 0.4) is 0 Å². The molecule has 3 aromatic rings. The van der Waals surface area contributed by atoms with Crippen LogP contribution in [-0.4, -0.2) is 13.4 Å². The molecule has 0 radical (unpaired) electrons. The molecule has 2 aromatic carbocycles. The van der Waals surface area contributed by atoms with Gasteiger partial charge >= 0.3 is 0 Å². The van der Waals surface area contributed by atoms with Gasteiger partial charge in [-0.2, -0.15) is 0 Å². The van der Waals surface area contributed by atoms with Gasteiger partial charge in [-0.1, -0.05) is 34.1 Å². The minimum absolute atomic E-state index is 0.161. The summed E-state index contributed by atoms with van der Waals surface area (Å²) in [6.07, 6.45) is 1.56. The third-order valence-corrected chi connectivity index (χ3v) is 5.01. The molecule has 0 spiro atoms. The highest BCUT2D eigenvalue weighted by molar-refractivity contribution is 9.10. The van der Waals surface area contributed by atoms with Crippen molar-refractivity contribution >= 4 is 26.0 Å². The maximum absolute atomic E-state index is 14.2. The van der Waals surface area contributed by atoms with Crippen LogP contribution < -0.4 is 5.14 Å². The monoisotopic (exact) mass is 424 g/mol. The number of primary sulfonamides is 1. The van der Waals surface area contributed by atoms with E-state index in [-0.39, 0.29) is 5.56 Å². The van der Waals surface area contributed by atoms with Crippen LogP contribution >= 0.6 is 15.9 Å². The molecular weight excluding hydrogens is 414 g/mol. The number of halogens is 3. The molecule has 0 aliphatic rings. The Labute approximate surface area is 151 Å². The third-order valence-electron chi connectivity index (χ3n) is 3.52. The first-order valence-electron chi connectivity index (χ1n) is 7.00. The molecule has 4 nitrogen and oxygen atoms in total. The maximum atomic E-state index is 14.2. The average Bonchev–Trinajstić information content (AvgIpc) is 2.53. The number of nitrogens with zero attached hydrogens (tertiary/aromatic N) is 1. The molecule has 1 heterocycles. The highest BCUT2D eigenvalue weighted by Gasteiger charge is 2.22. The summed E-state index contributed by atoms with van der Waals surface area (Å²) >= 11 is 3.34. The van der Waals surface area contributed by atoms with Gasteiger partial charge in [0.25, 0.3) is 0 Å². The van der Waals surface area contributed by atoms with Crippen molar-refractivity contribution in [1.82, 2.24) is 4.98 Å². The van der Waals surface area contributed by atoms with Crippen molar-refractivity contribution in [3.05, 3.63) is 70.8 Å². The summed E-state index contributed by atoms with van der Waals surface area (Å²) in [6, 6.07) is 12.4. The molecule has 8 heteroatoms. The van der Waals surface area contributed by atoms with Crippen LogP contribution in [0.1, 0.15) is 0 Å². The fourth-order valence-electron chi connectivity index (χ4n) is 2.46. The van der Waals surface area contributed by atoms with E-state index >= 15 is 0 Å². The number of rotatable bonds is 3. The van der Waals surface area contributed by atoms with Crippen molar-refractivity contribution in [3.8, 4) is 22.4 Å². The minimum atomic E-state index is -4.50. The summed E-state index contributed by atoms with van der Waals surface area (Å²) in [6.45, 7) is 0. The van der Waals surface area contributed by atoms with E-state index < -0.39 is 26.6 Å². The van der Waals surface area contributed by atoms with Crippen molar-refractivity contribution in [2.75, 3.05) is 0 Å². The fraction of sp³-hybridized carbons (Fsp3) is 0. The first-order valence-corrected chi connectivity index (χ1v) is 9.34. The van der Waals surface area contributed by atoms with Crippen molar-refractivity contribution in [2.45, 2.75) is 4.90 Å². The lowest BCUT2D eigenvalue weighted by molar-refractivity contribution is 0.520. The summed E-state index contributed by atoms with van der Waals surface area (Å²) in [7, 11) is -4.50. The number of hydrogen-bond acceptors (Lipinski definition) is 3. The van der Waals surface area contributed by atoms with Gasteiger partial charge < -0.3 is 0 Å². The molecule has 0 aliphatic carbocycles. The van der Waals surface area contributed by atoms with Gasteiger partial charge in [0.05, 0.1) is 5.69 Å². The summed E-state index contributed by atoms with van der Waals surface area (Å²) in [5.41, 5.74) is 1.88. The average molecular weight is 425 g/mol. The zero-order valence-electron chi connectivity index (χ0n) is 12.6. The van der Waals surface area contributed by atoms with Crippen molar-refractivity contribution < 1.29 is 17.2 Å². The van der Waals surface area contributed by atoms with Crippen molar-refractivity contribution in [2.24, 2.45) is 5.14 Å². The quantitative estimate of drug-likeness (QED) is 0.687. The van der Waals surface area contributed by atoms with Crippen LogP contribution in [0.25, 0.3) is 22.4 Å². The number of benzene rings is 2. The van der Waals surface area contributed by atoms with Gasteiger partial charge in [-0.3, -0.25) is 4.98 Å². The summed E-state index contributed by atoms with van der Waals surface area (Å²) in [4.78, 5) is 3.13. The number of pyridine rings is 1. The Balaban J connectivity index is 2.20. The number of aromatic nitrogens is 1. The van der Waals surface area contributed by atoms with E-state index in [1.165, 1.54) is 0 Å². The van der Waals surface area contributed by atoms with E-state index in [0.717, 1.165) is 22.2 Å². The largest absolute Gasteiger partial charge is 0.256 e. The molecule has 0 saturated carbocycles. The Morgan fingerprint density at radius 1 is 0.960 bits per heavy atom. The molecule has 0 unspecified atom stereocenters. The molecule has 1 aromatic heterocycles. The molecule has 0 fully saturated rings. The molecule has 0 atom stereocenters. The molecule has 3 rings (SSSR count). The standard InChI is InChI=1S/C17H11BrF2N2O2S/c18-12-5-3-10(4-6-12)16-13(2-1-7-22-16)11-8-14(19)17(15(20)9-11)25(21,23)24/h1-9H,(H2,21,23,24). The topological polar surface area (TPSA) is 73.1 Å². The van der Waals surface area contributed by atoms with Crippen LogP contribution in [0.4, 0.5) is 8.78 Å². The zero-order valence-corrected chi connectivity index (χ0v) is 15.0. The Bertz CT molecular complexity index is 1030. The van der Waals surface area contributed by atoms with Gasteiger partial charge in [-0.05, 0) is 35.9 Å². The zero-order chi connectivity index (χ0) is 18.2. The van der Waals surface area contributed by atoms with E-state index in [9.17, 15) is 17.2 Å². The van der Waals surface area contributed by atoms with Crippen LogP contribution in [-0.2, 0) is 10.0 Å². The highest BCUT2D eigenvalue weighted by Crippen LogP contribution is 2.33. The lowest BCUT2D eigenvalue weighted by Gasteiger charge is -2.11. The second-order valence-corrected chi connectivity index (χ2v) is 7.63. The molecule has 0 amide bonds. The second kappa shape index (κ2) is 6.62. The Morgan fingerprint density at radius 3 is 2.12 bits per heavy atom. The predicted octanol–water partition coefficient (Wildman–Crippen LogP) is 4.10. The van der Waals surface area contributed by atoms with E-state index in [1.807, 2.05) is 12.1 Å². The molecule has 25 heavy (non-hydrogen) atoms. The predicted molar refractivity (Wildman–Crippen MR) is 94.1 cm³/mol. The number of nitrogens with two attached hydrogens (primary N) is 1. The smallest absolute Gasteiger partial charge is 0.243 e. The summed E-state index contributed by atoms with van der Waals surface area (Å²) in [5.74, 6) is -2.49. The van der Waals surface area contributed by atoms with E-state index in [2.05, 4.69) is 20.9 Å². The van der Waals surface area contributed by atoms with E-state index in [0.29, 0.717) is 11.3 Å². The third kappa shape index (κ3) is 3.60. The molecular formula is C17H11BrF2N2O2S. The van der Waals surface area contributed by atoms with Crippen LogP contribution in [0.2, 0.25) is 0 Å². The second-order valence-electron chi connectivity index (χ2n) is 5.22. The van der Waals surface area contributed by atoms with Crippen LogP contribution in [0.5, 0.6) is 0 Å². The van der Waals surface area contributed by atoms with E-state index in [4.69, 9.17) is 5.14 Å². The van der Waals surface area contributed by atoms with Gasteiger partial charge in [-0.15, -0.1) is 0 Å². The maximum Gasteiger partial charge on any atom is 0.243 e. The highest BCUT2D eigenvalue weighted by atomic mass is 79.9. The minimum Gasteiger partial charge on any atom is -0.256 e. The van der Waals surface area contributed by atoms with Gasteiger partial charge in [0, 0.05) is 21.8 Å². The molecule has 0 bridgehead atoms. The Morgan fingerprint density at radius 2 is 1.56 bits per heavy atom. The first-order chi connectivity index (χ1) is 11.8. The Kier molecular flexibility index (Phi) is 4.68. The lowest BCUT2D eigenvalue weighted by Crippen LogP contribution is -2.16. The summed E-state index contributed by atoms with van der Waals surface area (Å²) in [5, 5.41) is 4.86. The lowest BCUT2D eigenvalue weighted by atomic mass is 9.99. The number of hydrogen-bond donors (Lipinski definition) is 1. The van der Waals surface area contributed by atoms with Crippen molar-refractivity contribution in [3.63, 3.8) is 0 Å². The van der Waals surface area contributed by atoms with Crippen molar-refractivity contribution in [1.29, 1.82) is 0 Å². The first kappa shape index (κ1) is 17.7. The molecule has 2 N–H and O–H groups in total. The molecule has 0 aliphatic heterocycles.